The van der Waals surface area contributed by atoms with Crippen LogP contribution in [0.2, 0.25) is 0 Å². The summed E-state index contributed by atoms with van der Waals surface area (Å²) < 4.78 is 11.1. The molecule has 6 heteroatoms. The van der Waals surface area contributed by atoms with Crippen LogP contribution in [0.25, 0.3) is 0 Å². The number of amides is 2. The summed E-state index contributed by atoms with van der Waals surface area (Å²) in [6.07, 6.45) is 0. The van der Waals surface area contributed by atoms with Crippen LogP contribution in [0, 0.1) is 6.92 Å². The topological polar surface area (TPSA) is 76.7 Å². The molecule has 0 bridgehead atoms. The Labute approximate surface area is 175 Å². The molecule has 3 aromatic carbocycles. The summed E-state index contributed by atoms with van der Waals surface area (Å²) in [6, 6.07) is 20.8. The van der Waals surface area contributed by atoms with Gasteiger partial charge in [-0.25, -0.2) is 0 Å². The van der Waals surface area contributed by atoms with Gasteiger partial charge in [0.1, 0.15) is 11.8 Å². The SMILES string of the molecule is COc1ccccc1Oc1ccc(NC(=O)[C@H](C)NC(=O)c2cccc(C)c2)cc1. The molecule has 0 spiro atoms. The molecule has 30 heavy (non-hydrogen) atoms. The highest BCUT2D eigenvalue weighted by Crippen LogP contribution is 2.31. The Balaban J connectivity index is 1.58. The van der Waals surface area contributed by atoms with Crippen LogP contribution >= 0.6 is 0 Å². The summed E-state index contributed by atoms with van der Waals surface area (Å²) in [5.41, 5.74) is 2.10. The molecule has 0 aliphatic heterocycles. The van der Waals surface area contributed by atoms with E-state index in [-0.39, 0.29) is 11.8 Å². The van der Waals surface area contributed by atoms with E-state index in [9.17, 15) is 9.59 Å². The Bertz CT molecular complexity index is 1030. The van der Waals surface area contributed by atoms with Gasteiger partial charge in [0.2, 0.25) is 5.91 Å². The van der Waals surface area contributed by atoms with Gasteiger partial charge in [0, 0.05) is 11.3 Å². The molecule has 0 aliphatic rings. The minimum atomic E-state index is -0.692. The number of hydrogen-bond donors (Lipinski definition) is 2. The van der Waals surface area contributed by atoms with Crippen LogP contribution in [0.1, 0.15) is 22.8 Å². The molecule has 3 aromatic rings. The van der Waals surface area contributed by atoms with Crippen molar-refractivity contribution in [3.63, 3.8) is 0 Å². The molecule has 1 atom stereocenters. The molecule has 154 valence electrons. The van der Waals surface area contributed by atoms with E-state index in [4.69, 9.17) is 9.47 Å². The number of anilines is 1. The van der Waals surface area contributed by atoms with Crippen LogP contribution in [-0.2, 0) is 4.79 Å². The fourth-order valence-electron chi connectivity index (χ4n) is 2.82. The van der Waals surface area contributed by atoms with E-state index < -0.39 is 6.04 Å². The van der Waals surface area contributed by atoms with E-state index >= 15 is 0 Å². The predicted octanol–water partition coefficient (Wildman–Crippen LogP) is 4.55. The van der Waals surface area contributed by atoms with Crippen molar-refractivity contribution in [2.45, 2.75) is 19.9 Å². The standard InChI is InChI=1S/C24H24N2O4/c1-16-7-6-8-18(15-16)24(28)25-17(2)23(27)26-19-11-13-20(14-12-19)30-22-10-5-4-9-21(22)29-3/h4-15,17H,1-3H3,(H,25,28)(H,26,27)/t17-/m0/s1. The third-order valence-electron chi connectivity index (χ3n) is 4.44. The second kappa shape index (κ2) is 9.60. The fourth-order valence-corrected chi connectivity index (χ4v) is 2.82. The van der Waals surface area contributed by atoms with Crippen molar-refractivity contribution in [2.75, 3.05) is 12.4 Å². The lowest BCUT2D eigenvalue weighted by Gasteiger charge is -2.15. The van der Waals surface area contributed by atoms with E-state index in [0.717, 1.165) is 5.56 Å². The number of carbonyl (C=O) groups excluding carboxylic acids is 2. The van der Waals surface area contributed by atoms with Crippen LogP contribution in [0.15, 0.2) is 72.8 Å². The molecule has 6 nitrogen and oxygen atoms in total. The van der Waals surface area contributed by atoms with Crippen LogP contribution in [0.5, 0.6) is 17.2 Å². The van der Waals surface area contributed by atoms with E-state index in [1.165, 1.54) is 0 Å². The number of rotatable bonds is 7. The molecule has 3 rings (SSSR count). The number of benzene rings is 3. The monoisotopic (exact) mass is 404 g/mol. The highest BCUT2D eigenvalue weighted by Gasteiger charge is 2.17. The van der Waals surface area contributed by atoms with Gasteiger partial charge >= 0.3 is 0 Å². The Morgan fingerprint density at radius 2 is 1.60 bits per heavy atom. The maximum absolute atomic E-state index is 12.4. The molecule has 2 N–H and O–H groups in total. The van der Waals surface area contributed by atoms with Crippen molar-refractivity contribution in [1.82, 2.24) is 5.32 Å². The number of carbonyl (C=O) groups is 2. The first-order valence-corrected chi connectivity index (χ1v) is 9.55. The first kappa shape index (κ1) is 20.9. The van der Waals surface area contributed by atoms with Crippen LogP contribution < -0.4 is 20.1 Å². The van der Waals surface area contributed by atoms with E-state index in [2.05, 4.69) is 10.6 Å². The first-order chi connectivity index (χ1) is 14.5. The highest BCUT2D eigenvalue weighted by molar-refractivity contribution is 6.01. The van der Waals surface area contributed by atoms with Gasteiger partial charge in [-0.3, -0.25) is 9.59 Å². The molecule has 0 aromatic heterocycles. The normalized spacial score (nSPS) is 11.3. The van der Waals surface area contributed by atoms with Gasteiger partial charge in [-0.1, -0.05) is 29.8 Å². The number of methoxy groups -OCH3 is 1. The zero-order valence-corrected chi connectivity index (χ0v) is 17.1. The molecule has 0 saturated carbocycles. The van der Waals surface area contributed by atoms with Crippen molar-refractivity contribution >= 4 is 17.5 Å². The Morgan fingerprint density at radius 1 is 0.900 bits per heavy atom. The van der Waals surface area contributed by atoms with Gasteiger partial charge in [0.15, 0.2) is 11.5 Å². The van der Waals surface area contributed by atoms with Gasteiger partial charge in [-0.2, -0.15) is 0 Å². The quantitative estimate of drug-likeness (QED) is 0.606. The zero-order valence-electron chi connectivity index (χ0n) is 17.1. The van der Waals surface area contributed by atoms with Crippen LogP contribution in [0.4, 0.5) is 5.69 Å². The summed E-state index contributed by atoms with van der Waals surface area (Å²) in [6.45, 7) is 3.55. The van der Waals surface area contributed by atoms with E-state index in [1.54, 1.807) is 50.4 Å². The average Bonchev–Trinajstić information content (AvgIpc) is 2.75. The molecule has 0 radical (unpaired) electrons. The number of hydrogen-bond acceptors (Lipinski definition) is 4. The average molecular weight is 404 g/mol. The number of ether oxygens (including phenoxy) is 2. The Hall–Kier alpha value is -3.80. The maximum atomic E-state index is 12.4. The molecule has 0 heterocycles. The minimum absolute atomic E-state index is 0.290. The van der Waals surface area contributed by atoms with Gasteiger partial charge in [-0.05, 0) is 62.4 Å². The van der Waals surface area contributed by atoms with Crippen LogP contribution in [0.3, 0.4) is 0 Å². The van der Waals surface area contributed by atoms with Gasteiger partial charge < -0.3 is 20.1 Å². The number of aryl methyl sites for hydroxylation is 1. The molecule has 2 amide bonds. The second-order valence-corrected chi connectivity index (χ2v) is 6.83. The summed E-state index contributed by atoms with van der Waals surface area (Å²) in [7, 11) is 1.58. The highest BCUT2D eigenvalue weighted by atomic mass is 16.5. The molecular weight excluding hydrogens is 380 g/mol. The van der Waals surface area contributed by atoms with E-state index in [0.29, 0.717) is 28.5 Å². The van der Waals surface area contributed by atoms with Crippen molar-refractivity contribution in [1.29, 1.82) is 0 Å². The van der Waals surface area contributed by atoms with Crippen molar-refractivity contribution in [3.05, 3.63) is 83.9 Å². The van der Waals surface area contributed by atoms with Gasteiger partial charge in [0.05, 0.1) is 7.11 Å². The van der Waals surface area contributed by atoms with Crippen molar-refractivity contribution in [2.24, 2.45) is 0 Å². The number of nitrogens with one attached hydrogen (secondary N) is 2. The third kappa shape index (κ3) is 5.38. The lowest BCUT2D eigenvalue weighted by atomic mass is 10.1. The smallest absolute Gasteiger partial charge is 0.251 e. The van der Waals surface area contributed by atoms with Gasteiger partial charge in [0.25, 0.3) is 5.91 Å². The molecule has 0 fully saturated rings. The Kier molecular flexibility index (Phi) is 6.70. The van der Waals surface area contributed by atoms with E-state index in [1.807, 2.05) is 43.3 Å². The lowest BCUT2D eigenvalue weighted by Crippen LogP contribution is -2.41. The summed E-state index contributed by atoms with van der Waals surface area (Å²) in [4.78, 5) is 24.7. The lowest BCUT2D eigenvalue weighted by molar-refractivity contribution is -0.117. The van der Waals surface area contributed by atoms with Crippen LogP contribution in [-0.4, -0.2) is 25.0 Å². The largest absolute Gasteiger partial charge is 0.493 e. The summed E-state index contributed by atoms with van der Waals surface area (Å²) in [5, 5.41) is 5.50. The first-order valence-electron chi connectivity index (χ1n) is 9.55. The van der Waals surface area contributed by atoms with Crippen molar-refractivity contribution < 1.29 is 19.1 Å². The van der Waals surface area contributed by atoms with Gasteiger partial charge in [-0.15, -0.1) is 0 Å². The maximum Gasteiger partial charge on any atom is 0.251 e. The molecule has 0 saturated heterocycles. The fraction of sp³-hybridized carbons (Fsp3) is 0.167. The zero-order chi connectivity index (χ0) is 21.5. The molecule has 0 aliphatic carbocycles. The molecular formula is C24H24N2O4. The number of para-hydroxylation sites is 2. The summed E-state index contributed by atoms with van der Waals surface area (Å²) in [5.74, 6) is 1.24. The third-order valence-corrected chi connectivity index (χ3v) is 4.44. The molecule has 0 unspecified atom stereocenters. The minimum Gasteiger partial charge on any atom is -0.493 e. The Morgan fingerprint density at radius 3 is 2.27 bits per heavy atom. The van der Waals surface area contributed by atoms with Crippen molar-refractivity contribution in [3.8, 4) is 17.2 Å². The summed E-state index contributed by atoms with van der Waals surface area (Å²) >= 11 is 0. The second-order valence-electron chi connectivity index (χ2n) is 6.83. The predicted molar refractivity (Wildman–Crippen MR) is 116 cm³/mol.